The van der Waals surface area contributed by atoms with Crippen LogP contribution in [0.1, 0.15) is 20.7 Å². The van der Waals surface area contributed by atoms with Crippen LogP contribution >= 0.6 is 11.3 Å². The minimum absolute atomic E-state index is 0.280. The summed E-state index contributed by atoms with van der Waals surface area (Å²) < 4.78 is 4.80. The maximum atomic E-state index is 13.0. The van der Waals surface area contributed by atoms with E-state index in [4.69, 9.17) is 0 Å². The number of imide groups is 1. The van der Waals surface area contributed by atoms with Gasteiger partial charge in [-0.2, -0.15) is 0 Å². The molecule has 174 valence electrons. The zero-order chi connectivity index (χ0) is 24.7. The molecular weight excluding hydrogens is 476 g/mol. The molecule has 0 radical (unpaired) electrons. The average molecular weight is 495 g/mol. The molecule has 0 bridgehead atoms. The number of carbonyl (C=O) groups is 2. The van der Waals surface area contributed by atoms with Gasteiger partial charge in [0.15, 0.2) is 0 Å². The second kappa shape index (κ2) is 7.38. The van der Waals surface area contributed by atoms with E-state index in [-0.39, 0.29) is 11.8 Å². The number of rotatable bonds is 2. The zero-order valence-corrected chi connectivity index (χ0v) is 20.3. The van der Waals surface area contributed by atoms with Gasteiger partial charge in [0.1, 0.15) is 0 Å². The summed E-state index contributed by atoms with van der Waals surface area (Å²) in [5.41, 5.74) is 4.70. The van der Waals surface area contributed by atoms with Crippen molar-refractivity contribution in [1.29, 1.82) is 0 Å². The lowest BCUT2D eigenvalue weighted by atomic mass is 10.1. The van der Waals surface area contributed by atoms with Crippen molar-refractivity contribution >= 4 is 70.8 Å². The Balaban J connectivity index is 1.31. The molecule has 4 nitrogen and oxygen atoms in total. The van der Waals surface area contributed by atoms with Gasteiger partial charge in [0.05, 0.1) is 27.8 Å². The van der Waals surface area contributed by atoms with Gasteiger partial charge < -0.3 is 4.57 Å². The smallest absolute Gasteiger partial charge is 0.266 e. The van der Waals surface area contributed by atoms with Crippen molar-refractivity contribution in [1.82, 2.24) is 4.57 Å². The van der Waals surface area contributed by atoms with E-state index in [1.807, 2.05) is 35.6 Å². The normalized spacial score (nSPS) is 13.5. The first-order chi connectivity index (χ1) is 18.2. The molecule has 8 rings (SSSR count). The van der Waals surface area contributed by atoms with Gasteiger partial charge in [-0.3, -0.25) is 9.59 Å². The van der Waals surface area contributed by atoms with Crippen LogP contribution in [0.25, 0.3) is 47.7 Å². The van der Waals surface area contributed by atoms with E-state index in [2.05, 4.69) is 65.2 Å². The predicted molar refractivity (Wildman–Crippen MR) is 151 cm³/mol. The first kappa shape index (κ1) is 20.5. The van der Waals surface area contributed by atoms with Crippen LogP contribution in [0, 0.1) is 0 Å². The van der Waals surface area contributed by atoms with E-state index in [1.54, 1.807) is 24.3 Å². The van der Waals surface area contributed by atoms with E-state index in [0.717, 1.165) is 16.7 Å². The lowest BCUT2D eigenvalue weighted by molar-refractivity contribution is 0.0926. The molecule has 1 aliphatic rings. The number of carbonyl (C=O) groups excluding carboxylic acids is 2. The predicted octanol–water partition coefficient (Wildman–Crippen LogP) is 7.95. The molecule has 0 saturated carbocycles. The summed E-state index contributed by atoms with van der Waals surface area (Å²) in [6.45, 7) is 0. The molecule has 1 aliphatic heterocycles. The summed E-state index contributed by atoms with van der Waals surface area (Å²) in [4.78, 5) is 27.2. The fraction of sp³-hybridized carbons (Fsp3) is 0. The van der Waals surface area contributed by atoms with Crippen LogP contribution in [0.5, 0.6) is 0 Å². The number of thiophene rings is 1. The maximum Gasteiger partial charge on any atom is 0.266 e. The van der Waals surface area contributed by atoms with Gasteiger partial charge in [0, 0.05) is 36.6 Å². The highest BCUT2D eigenvalue weighted by atomic mass is 32.1. The number of hydrogen-bond donors (Lipinski definition) is 0. The van der Waals surface area contributed by atoms with Gasteiger partial charge in [0.2, 0.25) is 0 Å². The first-order valence-electron chi connectivity index (χ1n) is 12.1. The van der Waals surface area contributed by atoms with Gasteiger partial charge in [-0.1, -0.05) is 48.5 Å². The quantitative estimate of drug-likeness (QED) is 0.229. The highest BCUT2D eigenvalue weighted by Crippen LogP contribution is 2.40. The molecule has 2 amide bonds. The lowest BCUT2D eigenvalue weighted by Gasteiger charge is -2.15. The molecule has 0 unspecified atom stereocenters. The Labute approximate surface area is 215 Å². The zero-order valence-electron chi connectivity index (χ0n) is 19.5. The van der Waals surface area contributed by atoms with Crippen molar-refractivity contribution in [2.24, 2.45) is 0 Å². The highest BCUT2D eigenvalue weighted by molar-refractivity contribution is 7.25. The molecule has 5 heteroatoms. The first-order valence-corrected chi connectivity index (χ1v) is 12.9. The van der Waals surface area contributed by atoms with E-state index >= 15 is 0 Å². The van der Waals surface area contributed by atoms with Crippen LogP contribution in [0.15, 0.2) is 109 Å². The summed E-state index contributed by atoms with van der Waals surface area (Å²) in [6.07, 6.45) is 0. The second-order valence-corrected chi connectivity index (χ2v) is 10.4. The van der Waals surface area contributed by atoms with Crippen molar-refractivity contribution in [3.63, 3.8) is 0 Å². The van der Waals surface area contributed by atoms with E-state index < -0.39 is 0 Å². The minimum Gasteiger partial charge on any atom is -0.309 e. The van der Waals surface area contributed by atoms with Crippen LogP contribution in [-0.4, -0.2) is 16.4 Å². The molecule has 0 saturated heterocycles. The maximum absolute atomic E-state index is 13.0. The molecular formula is C32H18N2O2S. The lowest BCUT2D eigenvalue weighted by Crippen LogP contribution is -2.29. The molecule has 0 spiro atoms. The molecule has 0 N–H and O–H groups in total. The standard InChI is InChI=1S/C32H18N2O2S/c35-31-23-9-1-2-10-24(23)32(36)34(31)20-15-13-19(14-16-20)33-27-11-5-3-7-21(27)25-17-26-22-8-4-6-12-29(22)37-30(26)18-28(25)33/h1-18H. The number of anilines is 1. The topological polar surface area (TPSA) is 42.3 Å². The van der Waals surface area contributed by atoms with Crippen LogP contribution in [0.2, 0.25) is 0 Å². The van der Waals surface area contributed by atoms with Gasteiger partial charge in [-0.15, -0.1) is 11.3 Å². The Kier molecular flexibility index (Phi) is 4.08. The number of hydrogen-bond acceptors (Lipinski definition) is 3. The highest BCUT2D eigenvalue weighted by Gasteiger charge is 2.36. The van der Waals surface area contributed by atoms with Crippen molar-refractivity contribution in [3.05, 3.63) is 120 Å². The van der Waals surface area contributed by atoms with Crippen LogP contribution < -0.4 is 4.90 Å². The molecule has 0 atom stereocenters. The molecule has 2 aromatic heterocycles. The molecule has 0 aliphatic carbocycles. The Morgan fingerprint density at radius 2 is 1.11 bits per heavy atom. The number of benzene rings is 5. The van der Waals surface area contributed by atoms with Gasteiger partial charge >= 0.3 is 0 Å². The summed E-state index contributed by atoms with van der Waals surface area (Å²) in [5.74, 6) is -0.560. The van der Waals surface area contributed by atoms with Gasteiger partial charge in [-0.05, 0) is 60.7 Å². The summed E-state index contributed by atoms with van der Waals surface area (Å²) in [6, 6.07) is 36.3. The fourth-order valence-corrected chi connectivity index (χ4v) is 6.76. The molecule has 7 aromatic rings. The Hall–Kier alpha value is -4.74. The summed E-state index contributed by atoms with van der Waals surface area (Å²) in [5, 5.41) is 4.96. The van der Waals surface area contributed by atoms with Crippen LogP contribution in [0.4, 0.5) is 5.69 Å². The minimum atomic E-state index is -0.280. The monoisotopic (exact) mass is 494 g/mol. The third-order valence-electron chi connectivity index (χ3n) is 7.33. The molecule has 37 heavy (non-hydrogen) atoms. The number of para-hydroxylation sites is 1. The van der Waals surface area contributed by atoms with E-state index in [1.165, 1.54) is 35.8 Å². The van der Waals surface area contributed by atoms with Crippen molar-refractivity contribution < 1.29 is 9.59 Å². The van der Waals surface area contributed by atoms with E-state index in [9.17, 15) is 9.59 Å². The Bertz CT molecular complexity index is 2050. The average Bonchev–Trinajstić information content (AvgIpc) is 3.55. The number of fused-ring (bicyclic) bond motifs is 7. The molecule has 3 heterocycles. The fourth-order valence-electron chi connectivity index (χ4n) is 5.64. The summed E-state index contributed by atoms with van der Waals surface area (Å²) in [7, 11) is 0. The molecule has 5 aromatic carbocycles. The van der Waals surface area contributed by atoms with E-state index in [0.29, 0.717) is 16.8 Å². The number of aromatic nitrogens is 1. The van der Waals surface area contributed by atoms with Gasteiger partial charge in [0.25, 0.3) is 11.8 Å². The van der Waals surface area contributed by atoms with Crippen LogP contribution in [0.3, 0.4) is 0 Å². The number of nitrogens with zero attached hydrogens (tertiary/aromatic N) is 2. The largest absolute Gasteiger partial charge is 0.309 e. The SMILES string of the molecule is O=C1c2ccccc2C(=O)N1c1ccc(-n2c3ccccc3c3cc4c(cc32)sc2ccccc24)cc1. The summed E-state index contributed by atoms with van der Waals surface area (Å²) >= 11 is 1.81. The second-order valence-electron chi connectivity index (χ2n) is 9.32. The van der Waals surface area contributed by atoms with Crippen molar-refractivity contribution in [2.75, 3.05) is 4.90 Å². The molecule has 0 fully saturated rings. The Morgan fingerprint density at radius 3 is 1.86 bits per heavy atom. The van der Waals surface area contributed by atoms with Crippen LogP contribution in [-0.2, 0) is 0 Å². The van der Waals surface area contributed by atoms with Crippen molar-refractivity contribution in [2.45, 2.75) is 0 Å². The van der Waals surface area contributed by atoms with Crippen molar-refractivity contribution in [3.8, 4) is 5.69 Å². The third kappa shape index (κ3) is 2.77. The Morgan fingerprint density at radius 1 is 0.486 bits per heavy atom. The third-order valence-corrected chi connectivity index (χ3v) is 8.46. The van der Waals surface area contributed by atoms with Gasteiger partial charge in [-0.25, -0.2) is 4.90 Å². The number of amides is 2.